The molecule has 1 aromatic rings. The van der Waals surface area contributed by atoms with Crippen LogP contribution in [0.4, 0.5) is 0 Å². The highest BCUT2D eigenvalue weighted by Gasteiger charge is 2.40. The molecule has 22 heavy (non-hydrogen) atoms. The zero-order chi connectivity index (χ0) is 16.5. The van der Waals surface area contributed by atoms with Gasteiger partial charge in [-0.1, -0.05) is 18.5 Å². The average Bonchev–Trinajstić information content (AvgIpc) is 2.78. The van der Waals surface area contributed by atoms with Crippen molar-refractivity contribution < 1.29 is 16.8 Å². The van der Waals surface area contributed by atoms with Crippen LogP contribution in [0, 0.1) is 0 Å². The summed E-state index contributed by atoms with van der Waals surface area (Å²) in [6.07, 6.45) is 0.961. The van der Waals surface area contributed by atoms with Crippen molar-refractivity contribution in [2.75, 3.05) is 11.5 Å². The summed E-state index contributed by atoms with van der Waals surface area (Å²) in [5, 5.41) is 0.456. The Kier molecular flexibility index (Phi) is 5.21. The van der Waals surface area contributed by atoms with Gasteiger partial charge in [0.15, 0.2) is 9.84 Å². The molecule has 0 aliphatic carbocycles. The summed E-state index contributed by atoms with van der Waals surface area (Å²) in [4.78, 5) is 0.140. The molecule has 1 saturated heterocycles. The molecule has 5 nitrogen and oxygen atoms in total. The largest absolute Gasteiger partial charge is 0.243 e. The summed E-state index contributed by atoms with van der Waals surface area (Å²) < 4.78 is 50.7. The molecule has 124 valence electrons. The summed E-state index contributed by atoms with van der Waals surface area (Å²) in [7, 11) is -6.91. The van der Waals surface area contributed by atoms with Gasteiger partial charge in [0.25, 0.3) is 0 Å². The fourth-order valence-corrected chi connectivity index (χ4v) is 6.53. The molecule has 0 unspecified atom stereocenters. The summed E-state index contributed by atoms with van der Waals surface area (Å²) in [5.41, 5.74) is 0. The number of sulfone groups is 1. The quantitative estimate of drug-likeness (QED) is 0.802. The standard InChI is InChI=1S/C14H20ClNO4S2/c1-3-11(2)16(13-8-9-21(17,18)10-13)22(19,20)14-6-4-12(15)5-7-14/h4-7,11,13H,3,8-10H2,1-2H3/t11-,13+/m0/s1. The summed E-state index contributed by atoms with van der Waals surface area (Å²) in [6.45, 7) is 3.69. The molecule has 1 aliphatic rings. The van der Waals surface area contributed by atoms with Crippen LogP contribution in [-0.2, 0) is 19.9 Å². The molecular formula is C14H20ClNO4S2. The fourth-order valence-electron chi connectivity index (χ4n) is 2.68. The predicted octanol–water partition coefficient (Wildman–Crippen LogP) is 2.32. The Morgan fingerprint density at radius 2 is 1.91 bits per heavy atom. The molecule has 0 aromatic heterocycles. The van der Waals surface area contributed by atoms with Crippen LogP contribution in [0.5, 0.6) is 0 Å². The van der Waals surface area contributed by atoms with Crippen molar-refractivity contribution in [2.24, 2.45) is 0 Å². The number of sulfonamides is 1. The molecule has 0 radical (unpaired) electrons. The van der Waals surface area contributed by atoms with E-state index in [2.05, 4.69) is 0 Å². The molecule has 8 heteroatoms. The van der Waals surface area contributed by atoms with Crippen LogP contribution in [0.1, 0.15) is 26.7 Å². The van der Waals surface area contributed by atoms with Gasteiger partial charge in [0.2, 0.25) is 10.0 Å². The minimum Gasteiger partial charge on any atom is -0.229 e. The van der Waals surface area contributed by atoms with E-state index < -0.39 is 25.9 Å². The van der Waals surface area contributed by atoms with Gasteiger partial charge in [0.05, 0.1) is 16.4 Å². The van der Waals surface area contributed by atoms with E-state index in [0.29, 0.717) is 17.9 Å². The van der Waals surface area contributed by atoms with E-state index >= 15 is 0 Å². The van der Waals surface area contributed by atoms with E-state index in [9.17, 15) is 16.8 Å². The van der Waals surface area contributed by atoms with Gasteiger partial charge in [-0.15, -0.1) is 0 Å². The second kappa shape index (κ2) is 6.47. The molecule has 0 bridgehead atoms. The molecule has 1 aliphatic heterocycles. The number of hydrogen-bond acceptors (Lipinski definition) is 4. The molecule has 1 heterocycles. The van der Waals surface area contributed by atoms with E-state index in [1.807, 2.05) is 6.92 Å². The van der Waals surface area contributed by atoms with Gasteiger partial charge < -0.3 is 0 Å². The molecule has 1 fully saturated rings. The van der Waals surface area contributed by atoms with Crippen molar-refractivity contribution in [2.45, 2.75) is 43.7 Å². The Bertz CT molecular complexity index is 729. The van der Waals surface area contributed by atoms with Gasteiger partial charge in [-0.25, -0.2) is 16.8 Å². The smallest absolute Gasteiger partial charge is 0.229 e. The maximum absolute atomic E-state index is 12.9. The van der Waals surface area contributed by atoms with E-state index in [4.69, 9.17) is 11.6 Å². The number of rotatable bonds is 5. The van der Waals surface area contributed by atoms with Gasteiger partial charge >= 0.3 is 0 Å². The van der Waals surface area contributed by atoms with Crippen molar-refractivity contribution >= 4 is 31.5 Å². The lowest BCUT2D eigenvalue weighted by Crippen LogP contribution is -2.46. The van der Waals surface area contributed by atoms with Crippen molar-refractivity contribution in [3.63, 3.8) is 0 Å². The van der Waals surface area contributed by atoms with Crippen LogP contribution in [0.3, 0.4) is 0 Å². The number of benzene rings is 1. The van der Waals surface area contributed by atoms with E-state index in [1.54, 1.807) is 6.92 Å². The Morgan fingerprint density at radius 3 is 2.36 bits per heavy atom. The zero-order valence-corrected chi connectivity index (χ0v) is 15.0. The first kappa shape index (κ1) is 17.7. The first-order chi connectivity index (χ1) is 10.2. The van der Waals surface area contributed by atoms with Crippen LogP contribution in [0.2, 0.25) is 5.02 Å². The average molecular weight is 366 g/mol. The zero-order valence-electron chi connectivity index (χ0n) is 12.6. The van der Waals surface area contributed by atoms with Gasteiger partial charge in [0, 0.05) is 17.1 Å². The maximum atomic E-state index is 12.9. The van der Waals surface area contributed by atoms with Crippen LogP contribution in [-0.4, -0.2) is 44.7 Å². The van der Waals surface area contributed by atoms with Crippen LogP contribution < -0.4 is 0 Å². The van der Waals surface area contributed by atoms with Crippen molar-refractivity contribution in [1.82, 2.24) is 4.31 Å². The fraction of sp³-hybridized carbons (Fsp3) is 0.571. The van der Waals surface area contributed by atoms with Gasteiger partial charge in [-0.3, -0.25) is 0 Å². The molecular weight excluding hydrogens is 346 g/mol. The van der Waals surface area contributed by atoms with Gasteiger partial charge in [-0.2, -0.15) is 4.31 Å². The second-order valence-electron chi connectivity index (χ2n) is 5.60. The Hall–Kier alpha value is -0.630. The van der Waals surface area contributed by atoms with E-state index in [1.165, 1.54) is 28.6 Å². The lowest BCUT2D eigenvalue weighted by atomic mass is 10.2. The third-order valence-corrected chi connectivity index (χ3v) is 8.07. The summed E-state index contributed by atoms with van der Waals surface area (Å²) >= 11 is 5.81. The van der Waals surface area contributed by atoms with Gasteiger partial charge in [0.1, 0.15) is 0 Å². The second-order valence-corrected chi connectivity index (χ2v) is 10.1. The lowest BCUT2D eigenvalue weighted by Gasteiger charge is -2.32. The molecule has 1 aromatic carbocycles. The highest BCUT2D eigenvalue weighted by molar-refractivity contribution is 7.92. The first-order valence-corrected chi connectivity index (χ1v) is 10.8. The van der Waals surface area contributed by atoms with Gasteiger partial charge in [-0.05, 0) is 44.0 Å². The molecule has 0 amide bonds. The Morgan fingerprint density at radius 1 is 1.32 bits per heavy atom. The topological polar surface area (TPSA) is 71.5 Å². The SMILES string of the molecule is CC[C@H](C)N([C@@H]1CCS(=O)(=O)C1)S(=O)(=O)c1ccc(Cl)cc1. The van der Waals surface area contributed by atoms with Crippen molar-refractivity contribution in [3.8, 4) is 0 Å². The highest BCUT2D eigenvalue weighted by Crippen LogP contribution is 2.28. The van der Waals surface area contributed by atoms with E-state index in [-0.39, 0.29) is 22.4 Å². The minimum absolute atomic E-state index is 0.0424. The van der Waals surface area contributed by atoms with Crippen LogP contribution in [0.15, 0.2) is 29.2 Å². The monoisotopic (exact) mass is 365 g/mol. The Labute approximate surface area is 137 Å². The van der Waals surface area contributed by atoms with Crippen molar-refractivity contribution in [3.05, 3.63) is 29.3 Å². The van der Waals surface area contributed by atoms with E-state index in [0.717, 1.165) is 0 Å². The van der Waals surface area contributed by atoms with Crippen molar-refractivity contribution in [1.29, 1.82) is 0 Å². The number of nitrogens with zero attached hydrogens (tertiary/aromatic N) is 1. The Balaban J connectivity index is 2.43. The molecule has 0 saturated carbocycles. The first-order valence-electron chi connectivity index (χ1n) is 7.17. The predicted molar refractivity (Wildman–Crippen MR) is 87.3 cm³/mol. The molecule has 0 spiro atoms. The maximum Gasteiger partial charge on any atom is 0.243 e. The normalized spacial score (nSPS) is 22.8. The third kappa shape index (κ3) is 3.64. The third-order valence-electron chi connectivity index (χ3n) is 3.98. The lowest BCUT2D eigenvalue weighted by molar-refractivity contribution is 0.271. The molecule has 2 atom stereocenters. The number of halogens is 1. The number of hydrogen-bond donors (Lipinski definition) is 0. The minimum atomic E-state index is -3.75. The summed E-state index contributed by atoms with van der Waals surface area (Å²) in [6, 6.07) is 5.19. The van der Waals surface area contributed by atoms with Crippen LogP contribution in [0.25, 0.3) is 0 Å². The molecule has 2 rings (SSSR count). The highest BCUT2D eigenvalue weighted by atomic mass is 35.5. The molecule has 0 N–H and O–H groups in total. The summed E-state index contributed by atoms with van der Waals surface area (Å²) in [5.74, 6) is -0.0646. The van der Waals surface area contributed by atoms with Crippen LogP contribution >= 0.6 is 11.6 Å².